The first-order valence-electron chi connectivity index (χ1n) is 6.02. The summed E-state index contributed by atoms with van der Waals surface area (Å²) in [7, 11) is 0. The van der Waals surface area contributed by atoms with Gasteiger partial charge in [-0.2, -0.15) is 0 Å². The molecule has 1 aliphatic rings. The van der Waals surface area contributed by atoms with Gasteiger partial charge in [0.05, 0.1) is 12.6 Å². The number of carboxylic acids is 1. The molecule has 3 amide bonds. The maximum Gasteiger partial charge on any atom is 0.331 e. The molecule has 0 bridgehead atoms. The molecule has 106 valence electrons. The highest BCUT2D eigenvalue weighted by atomic mass is 16.5. The number of carboxylic acid groups (broad SMARTS) is 1. The monoisotopic (exact) mass is 270 g/mol. The molecule has 1 saturated heterocycles. The summed E-state index contributed by atoms with van der Waals surface area (Å²) in [6.45, 7) is 3.77. The predicted molar refractivity (Wildman–Crippen MR) is 66.5 cm³/mol. The lowest BCUT2D eigenvalue weighted by atomic mass is 10.1. The number of carbonyl (C=O) groups is 3. The molecule has 19 heavy (non-hydrogen) atoms. The third-order valence-electron chi connectivity index (χ3n) is 2.95. The van der Waals surface area contributed by atoms with Gasteiger partial charge in [-0.05, 0) is 26.7 Å². The van der Waals surface area contributed by atoms with Crippen LogP contribution in [0.2, 0.25) is 0 Å². The minimum Gasteiger partial charge on any atom is -0.478 e. The van der Waals surface area contributed by atoms with E-state index < -0.39 is 17.9 Å². The Morgan fingerprint density at radius 3 is 2.42 bits per heavy atom. The Morgan fingerprint density at radius 2 is 1.89 bits per heavy atom. The van der Waals surface area contributed by atoms with E-state index in [1.807, 2.05) is 0 Å². The number of urea groups is 1. The standard InChI is InChI=1S/C12H18N2O5/c1-7(8(2)11(16)17)10(15)14-12(18)13-9-4-3-5-19-6-9/h9H,3-6H2,1-2H3,(H,16,17)(H2,13,14,15,18). The van der Waals surface area contributed by atoms with Crippen LogP contribution >= 0.6 is 0 Å². The van der Waals surface area contributed by atoms with Crippen LogP contribution in [-0.2, 0) is 14.3 Å². The number of hydrogen-bond donors (Lipinski definition) is 3. The Kier molecular flexibility index (Phi) is 5.50. The molecule has 0 saturated carbocycles. The van der Waals surface area contributed by atoms with Gasteiger partial charge in [0.1, 0.15) is 0 Å². The number of carbonyl (C=O) groups excluding carboxylic acids is 2. The number of rotatable bonds is 3. The fourth-order valence-corrected chi connectivity index (χ4v) is 1.60. The van der Waals surface area contributed by atoms with Crippen LogP contribution in [0.25, 0.3) is 0 Å². The van der Waals surface area contributed by atoms with Crippen LogP contribution in [-0.4, -0.2) is 42.3 Å². The van der Waals surface area contributed by atoms with Crippen molar-refractivity contribution in [2.75, 3.05) is 13.2 Å². The summed E-state index contributed by atoms with van der Waals surface area (Å²) in [6, 6.07) is -0.760. The van der Waals surface area contributed by atoms with Crippen molar-refractivity contribution in [2.24, 2.45) is 0 Å². The lowest BCUT2D eigenvalue weighted by molar-refractivity contribution is -0.133. The summed E-state index contributed by atoms with van der Waals surface area (Å²) < 4.78 is 5.19. The zero-order chi connectivity index (χ0) is 14.4. The van der Waals surface area contributed by atoms with Crippen LogP contribution in [0.3, 0.4) is 0 Å². The van der Waals surface area contributed by atoms with Crippen LogP contribution in [0.5, 0.6) is 0 Å². The highest BCUT2D eigenvalue weighted by Gasteiger charge is 2.19. The Hall–Kier alpha value is -1.89. The largest absolute Gasteiger partial charge is 0.478 e. The van der Waals surface area contributed by atoms with Gasteiger partial charge in [-0.3, -0.25) is 10.1 Å². The van der Waals surface area contributed by atoms with Gasteiger partial charge in [0.25, 0.3) is 5.91 Å². The molecule has 1 atom stereocenters. The molecule has 0 radical (unpaired) electrons. The molecule has 0 aromatic heterocycles. The molecule has 0 aromatic carbocycles. The molecular weight excluding hydrogens is 252 g/mol. The zero-order valence-corrected chi connectivity index (χ0v) is 11.0. The second kappa shape index (κ2) is 6.89. The maximum absolute atomic E-state index is 11.6. The van der Waals surface area contributed by atoms with Crippen LogP contribution in [0.4, 0.5) is 4.79 Å². The Morgan fingerprint density at radius 1 is 1.21 bits per heavy atom. The minimum atomic E-state index is -1.19. The van der Waals surface area contributed by atoms with E-state index in [0.717, 1.165) is 12.8 Å². The fraction of sp³-hybridized carbons (Fsp3) is 0.583. The number of amides is 3. The number of ether oxygens (including phenoxy) is 1. The Bertz CT molecular complexity index is 410. The highest BCUT2D eigenvalue weighted by molar-refractivity contribution is 6.07. The molecule has 0 aliphatic carbocycles. The van der Waals surface area contributed by atoms with Crippen LogP contribution in [0.1, 0.15) is 26.7 Å². The molecule has 1 rings (SSSR count). The summed E-state index contributed by atoms with van der Waals surface area (Å²) in [5.41, 5.74) is -0.0890. The summed E-state index contributed by atoms with van der Waals surface area (Å²) in [5, 5.41) is 13.4. The van der Waals surface area contributed by atoms with E-state index in [-0.39, 0.29) is 17.2 Å². The number of imide groups is 1. The lowest BCUT2D eigenvalue weighted by Crippen LogP contribution is -2.47. The number of hydrogen-bond acceptors (Lipinski definition) is 4. The third kappa shape index (κ3) is 4.70. The van der Waals surface area contributed by atoms with Gasteiger partial charge in [0, 0.05) is 17.8 Å². The Labute approximate surface area is 111 Å². The first kappa shape index (κ1) is 15.2. The third-order valence-corrected chi connectivity index (χ3v) is 2.95. The summed E-state index contributed by atoms with van der Waals surface area (Å²) >= 11 is 0. The van der Waals surface area contributed by atoms with Gasteiger partial charge < -0.3 is 15.2 Å². The first-order chi connectivity index (χ1) is 8.91. The van der Waals surface area contributed by atoms with Crippen molar-refractivity contribution in [1.82, 2.24) is 10.6 Å². The number of aliphatic carboxylic acids is 1. The van der Waals surface area contributed by atoms with Crippen molar-refractivity contribution in [3.05, 3.63) is 11.1 Å². The topological polar surface area (TPSA) is 105 Å². The minimum absolute atomic E-state index is 0.00236. The molecule has 0 aromatic rings. The summed E-state index contributed by atoms with van der Waals surface area (Å²) in [6.07, 6.45) is 1.65. The molecule has 1 aliphatic heterocycles. The van der Waals surface area contributed by atoms with Crippen molar-refractivity contribution in [3.8, 4) is 0 Å². The second-order valence-corrected chi connectivity index (χ2v) is 4.40. The highest BCUT2D eigenvalue weighted by Crippen LogP contribution is 2.06. The zero-order valence-electron chi connectivity index (χ0n) is 11.0. The van der Waals surface area contributed by atoms with Gasteiger partial charge in [-0.15, -0.1) is 0 Å². The smallest absolute Gasteiger partial charge is 0.331 e. The molecule has 1 unspecified atom stereocenters. The molecule has 0 spiro atoms. The van der Waals surface area contributed by atoms with E-state index in [1.54, 1.807) is 0 Å². The summed E-state index contributed by atoms with van der Waals surface area (Å²) in [4.78, 5) is 33.9. The van der Waals surface area contributed by atoms with E-state index in [1.165, 1.54) is 13.8 Å². The van der Waals surface area contributed by atoms with Gasteiger partial charge in [0.15, 0.2) is 0 Å². The fourth-order valence-electron chi connectivity index (χ4n) is 1.60. The first-order valence-corrected chi connectivity index (χ1v) is 6.02. The van der Waals surface area contributed by atoms with Crippen molar-refractivity contribution < 1.29 is 24.2 Å². The summed E-state index contributed by atoms with van der Waals surface area (Å²) in [5.74, 6) is -1.90. The van der Waals surface area contributed by atoms with E-state index in [9.17, 15) is 14.4 Å². The maximum atomic E-state index is 11.6. The van der Waals surface area contributed by atoms with Gasteiger partial charge in [-0.1, -0.05) is 0 Å². The van der Waals surface area contributed by atoms with E-state index in [4.69, 9.17) is 9.84 Å². The molecular formula is C12H18N2O5. The van der Waals surface area contributed by atoms with Gasteiger partial charge in [0.2, 0.25) is 0 Å². The molecule has 7 nitrogen and oxygen atoms in total. The normalized spacial score (nSPS) is 20.2. The van der Waals surface area contributed by atoms with Crippen LogP contribution < -0.4 is 10.6 Å². The SMILES string of the molecule is CC(C(=O)O)=C(C)C(=O)NC(=O)NC1CCCOC1. The second-order valence-electron chi connectivity index (χ2n) is 4.40. The molecule has 3 N–H and O–H groups in total. The van der Waals surface area contributed by atoms with Crippen molar-refractivity contribution in [3.63, 3.8) is 0 Å². The van der Waals surface area contributed by atoms with E-state index >= 15 is 0 Å². The van der Waals surface area contributed by atoms with E-state index in [2.05, 4.69) is 10.6 Å². The van der Waals surface area contributed by atoms with Crippen molar-refractivity contribution in [1.29, 1.82) is 0 Å². The molecule has 7 heteroatoms. The average molecular weight is 270 g/mol. The van der Waals surface area contributed by atoms with Crippen LogP contribution in [0, 0.1) is 0 Å². The van der Waals surface area contributed by atoms with Crippen molar-refractivity contribution in [2.45, 2.75) is 32.7 Å². The predicted octanol–water partition coefficient (Wildman–Crippen LogP) is 0.412. The Balaban J connectivity index is 2.50. The molecule has 1 heterocycles. The van der Waals surface area contributed by atoms with Gasteiger partial charge >= 0.3 is 12.0 Å². The number of nitrogens with one attached hydrogen (secondary N) is 2. The quantitative estimate of drug-likeness (QED) is 0.644. The van der Waals surface area contributed by atoms with Crippen LogP contribution in [0.15, 0.2) is 11.1 Å². The van der Waals surface area contributed by atoms with Crippen molar-refractivity contribution >= 4 is 17.9 Å². The van der Waals surface area contributed by atoms with Gasteiger partial charge in [-0.25, -0.2) is 9.59 Å². The molecule has 1 fully saturated rings. The van der Waals surface area contributed by atoms with E-state index in [0.29, 0.717) is 13.2 Å². The average Bonchev–Trinajstić information content (AvgIpc) is 2.37. The lowest BCUT2D eigenvalue weighted by Gasteiger charge is -2.23.